The van der Waals surface area contributed by atoms with Gasteiger partial charge >= 0.3 is 5.97 Å². The first-order chi connectivity index (χ1) is 8.93. The summed E-state index contributed by atoms with van der Waals surface area (Å²) in [4.78, 5) is 23.7. The number of nitrogens with zero attached hydrogens (tertiary/aromatic N) is 1. The van der Waals surface area contributed by atoms with Gasteiger partial charge in [-0.1, -0.05) is 15.9 Å². The van der Waals surface area contributed by atoms with Gasteiger partial charge in [-0.15, -0.1) is 0 Å². The van der Waals surface area contributed by atoms with Gasteiger partial charge in [0.2, 0.25) is 5.91 Å². The molecule has 1 rings (SSSR count). The number of carbonyl (C=O) groups excluding carboxylic acids is 1. The fraction of sp³-hybridized carbons (Fsp3) is 0.385. The van der Waals surface area contributed by atoms with Crippen LogP contribution in [0.3, 0.4) is 0 Å². The van der Waals surface area contributed by atoms with Crippen LogP contribution in [0.25, 0.3) is 0 Å². The molecule has 1 amide bonds. The van der Waals surface area contributed by atoms with Gasteiger partial charge in [0, 0.05) is 17.4 Å². The molecule has 4 nitrogen and oxygen atoms in total. The van der Waals surface area contributed by atoms with Crippen molar-refractivity contribution in [2.24, 2.45) is 0 Å². The van der Waals surface area contributed by atoms with E-state index in [1.165, 1.54) is 17.0 Å². The lowest BCUT2D eigenvalue weighted by atomic mass is 10.1. The summed E-state index contributed by atoms with van der Waals surface area (Å²) >= 11 is 3.29. The molecule has 0 radical (unpaired) electrons. The van der Waals surface area contributed by atoms with Crippen LogP contribution in [0.2, 0.25) is 0 Å². The number of hydrogen-bond donors (Lipinski definition) is 1. The molecule has 0 fully saturated rings. The molecular formula is C13H15BrFNO3. The molecule has 0 bridgehead atoms. The van der Waals surface area contributed by atoms with Gasteiger partial charge in [0.1, 0.15) is 12.4 Å². The molecular weight excluding hydrogens is 317 g/mol. The molecule has 1 N–H and O–H groups in total. The normalized spacial score (nSPS) is 10.3. The first-order valence-electron chi connectivity index (χ1n) is 5.87. The number of amides is 1. The molecule has 0 aromatic heterocycles. The van der Waals surface area contributed by atoms with Crippen LogP contribution in [0.5, 0.6) is 0 Å². The smallest absolute Gasteiger partial charge is 0.323 e. The van der Waals surface area contributed by atoms with E-state index in [4.69, 9.17) is 5.11 Å². The van der Waals surface area contributed by atoms with Crippen LogP contribution in [-0.4, -0.2) is 35.0 Å². The summed E-state index contributed by atoms with van der Waals surface area (Å²) in [5, 5.41) is 8.68. The SMILES string of the molecule is CCN(CC(=O)O)C(=O)CCc1cc(F)ccc1Br. The molecule has 1 aromatic rings. The molecule has 19 heavy (non-hydrogen) atoms. The number of carboxylic acids is 1. The lowest BCUT2D eigenvalue weighted by Crippen LogP contribution is -2.35. The van der Waals surface area contributed by atoms with Crippen LogP contribution in [-0.2, 0) is 16.0 Å². The molecule has 0 saturated heterocycles. The Labute approximate surface area is 119 Å². The summed E-state index contributed by atoms with van der Waals surface area (Å²) in [7, 11) is 0. The van der Waals surface area contributed by atoms with Gasteiger partial charge in [0.15, 0.2) is 0 Å². The summed E-state index contributed by atoms with van der Waals surface area (Å²) in [6.45, 7) is 1.76. The van der Waals surface area contributed by atoms with Crippen LogP contribution >= 0.6 is 15.9 Å². The third kappa shape index (κ3) is 4.98. The number of rotatable bonds is 6. The standard InChI is InChI=1S/C13H15BrFNO3/c1-2-16(8-13(18)19)12(17)6-3-9-7-10(15)4-5-11(9)14/h4-5,7H,2-3,6,8H2,1H3,(H,18,19). The van der Waals surface area contributed by atoms with Gasteiger partial charge in [0.05, 0.1) is 0 Å². The van der Waals surface area contributed by atoms with Crippen molar-refractivity contribution < 1.29 is 19.1 Å². The van der Waals surface area contributed by atoms with Gasteiger partial charge in [-0.2, -0.15) is 0 Å². The lowest BCUT2D eigenvalue weighted by Gasteiger charge is -2.18. The fourth-order valence-electron chi connectivity index (χ4n) is 1.67. The highest BCUT2D eigenvalue weighted by atomic mass is 79.9. The van der Waals surface area contributed by atoms with E-state index in [2.05, 4.69) is 15.9 Å². The molecule has 1 aromatic carbocycles. The number of benzene rings is 1. The monoisotopic (exact) mass is 331 g/mol. The lowest BCUT2D eigenvalue weighted by molar-refractivity contribution is -0.144. The minimum Gasteiger partial charge on any atom is -0.480 e. The van der Waals surface area contributed by atoms with E-state index in [1.807, 2.05) is 0 Å². The maximum atomic E-state index is 13.1. The topological polar surface area (TPSA) is 57.6 Å². The van der Waals surface area contributed by atoms with Crippen molar-refractivity contribution in [2.75, 3.05) is 13.1 Å². The van der Waals surface area contributed by atoms with E-state index in [-0.39, 0.29) is 24.7 Å². The Balaban J connectivity index is 2.62. The van der Waals surface area contributed by atoms with Crippen LogP contribution in [0, 0.1) is 5.82 Å². The summed E-state index contributed by atoms with van der Waals surface area (Å²) in [5.74, 6) is -1.65. The predicted molar refractivity (Wildman–Crippen MR) is 72.3 cm³/mol. The first-order valence-corrected chi connectivity index (χ1v) is 6.66. The van der Waals surface area contributed by atoms with E-state index >= 15 is 0 Å². The Morgan fingerprint density at radius 1 is 1.42 bits per heavy atom. The van der Waals surface area contributed by atoms with Crippen molar-refractivity contribution in [3.8, 4) is 0 Å². The van der Waals surface area contributed by atoms with Gasteiger partial charge in [-0.3, -0.25) is 9.59 Å². The van der Waals surface area contributed by atoms with Crippen LogP contribution < -0.4 is 0 Å². The van der Waals surface area contributed by atoms with Crippen molar-refractivity contribution in [2.45, 2.75) is 19.8 Å². The highest BCUT2D eigenvalue weighted by molar-refractivity contribution is 9.10. The molecule has 0 unspecified atom stereocenters. The minimum absolute atomic E-state index is 0.156. The average molecular weight is 332 g/mol. The number of likely N-dealkylation sites (N-methyl/N-ethyl adjacent to an activating group) is 1. The van der Waals surface area contributed by atoms with Crippen LogP contribution in [0.1, 0.15) is 18.9 Å². The molecule has 6 heteroatoms. The molecule has 0 saturated carbocycles. The molecule has 0 atom stereocenters. The fourth-order valence-corrected chi connectivity index (χ4v) is 2.12. The number of aryl methyl sites for hydroxylation is 1. The molecule has 0 aliphatic carbocycles. The van der Waals surface area contributed by atoms with Crippen LogP contribution in [0.15, 0.2) is 22.7 Å². The summed E-state index contributed by atoms with van der Waals surface area (Å²) in [5.41, 5.74) is 0.694. The minimum atomic E-state index is -1.04. The van der Waals surface area contributed by atoms with E-state index in [1.54, 1.807) is 13.0 Å². The zero-order chi connectivity index (χ0) is 14.4. The van der Waals surface area contributed by atoms with Crippen molar-refractivity contribution in [1.29, 1.82) is 0 Å². The summed E-state index contributed by atoms with van der Waals surface area (Å²) in [6, 6.07) is 4.28. The van der Waals surface area contributed by atoms with Crippen molar-refractivity contribution in [3.05, 3.63) is 34.1 Å². The van der Waals surface area contributed by atoms with Crippen LogP contribution in [0.4, 0.5) is 4.39 Å². The summed E-state index contributed by atoms with van der Waals surface area (Å²) < 4.78 is 13.8. The molecule has 0 spiro atoms. The second kappa shape index (κ2) is 7.23. The Kier molecular flexibility index (Phi) is 5.95. The Bertz CT molecular complexity index is 479. The van der Waals surface area contributed by atoms with Gasteiger partial charge < -0.3 is 10.0 Å². The van der Waals surface area contributed by atoms with Gasteiger partial charge in [0.25, 0.3) is 0 Å². The van der Waals surface area contributed by atoms with E-state index in [9.17, 15) is 14.0 Å². The largest absolute Gasteiger partial charge is 0.480 e. The van der Waals surface area contributed by atoms with Crippen molar-refractivity contribution >= 4 is 27.8 Å². The zero-order valence-electron chi connectivity index (χ0n) is 10.5. The average Bonchev–Trinajstić information content (AvgIpc) is 2.36. The van der Waals surface area contributed by atoms with Crippen molar-refractivity contribution in [1.82, 2.24) is 4.90 Å². The molecule has 0 heterocycles. The van der Waals surface area contributed by atoms with E-state index in [0.717, 1.165) is 4.47 Å². The number of hydrogen-bond acceptors (Lipinski definition) is 2. The maximum Gasteiger partial charge on any atom is 0.323 e. The summed E-state index contributed by atoms with van der Waals surface area (Å²) in [6.07, 6.45) is 0.524. The quantitative estimate of drug-likeness (QED) is 0.871. The maximum absolute atomic E-state index is 13.1. The number of carbonyl (C=O) groups is 2. The second-order valence-electron chi connectivity index (χ2n) is 4.04. The first kappa shape index (κ1) is 15.6. The van der Waals surface area contributed by atoms with Crippen molar-refractivity contribution in [3.63, 3.8) is 0 Å². The molecule has 0 aliphatic heterocycles. The second-order valence-corrected chi connectivity index (χ2v) is 4.89. The van der Waals surface area contributed by atoms with E-state index in [0.29, 0.717) is 18.5 Å². The Morgan fingerprint density at radius 2 is 2.11 bits per heavy atom. The number of carboxylic acid groups (broad SMARTS) is 1. The third-order valence-corrected chi connectivity index (χ3v) is 3.45. The van der Waals surface area contributed by atoms with E-state index < -0.39 is 5.97 Å². The number of aliphatic carboxylic acids is 1. The third-order valence-electron chi connectivity index (χ3n) is 2.68. The molecule has 0 aliphatic rings. The Hall–Kier alpha value is -1.43. The molecule has 104 valence electrons. The van der Waals surface area contributed by atoms with Gasteiger partial charge in [-0.05, 0) is 37.1 Å². The highest BCUT2D eigenvalue weighted by Crippen LogP contribution is 2.19. The highest BCUT2D eigenvalue weighted by Gasteiger charge is 2.15. The zero-order valence-corrected chi connectivity index (χ0v) is 12.1. The number of halogens is 2. The Morgan fingerprint density at radius 3 is 2.68 bits per heavy atom. The van der Waals surface area contributed by atoms with Gasteiger partial charge in [-0.25, -0.2) is 4.39 Å². The predicted octanol–water partition coefficient (Wildman–Crippen LogP) is 2.45.